The SMILES string of the molecule is Cc1cn2cc(-c3cc4ncn([C@H]5CCN(C(=O)OC(C)(C)C)[C@@H](C)C5)c(=O)c4s3)cc(F)c2n1. The van der Waals surface area contributed by atoms with E-state index in [-0.39, 0.29) is 29.4 Å². The Morgan fingerprint density at radius 2 is 2.03 bits per heavy atom. The van der Waals surface area contributed by atoms with Gasteiger partial charge < -0.3 is 14.0 Å². The quantitative estimate of drug-likeness (QED) is 0.381. The van der Waals surface area contributed by atoms with Crippen molar-refractivity contribution in [1.29, 1.82) is 0 Å². The molecule has 35 heavy (non-hydrogen) atoms. The number of imidazole rings is 1. The van der Waals surface area contributed by atoms with Crippen LogP contribution in [0, 0.1) is 12.7 Å². The van der Waals surface area contributed by atoms with Crippen LogP contribution < -0.4 is 5.56 Å². The molecular formula is C25H28FN5O3S. The summed E-state index contributed by atoms with van der Waals surface area (Å²) in [6.07, 6.45) is 6.11. The van der Waals surface area contributed by atoms with Crippen molar-refractivity contribution >= 4 is 33.3 Å². The van der Waals surface area contributed by atoms with Crippen LogP contribution in [0.25, 0.3) is 26.3 Å². The summed E-state index contributed by atoms with van der Waals surface area (Å²) in [5, 5.41) is 0. The van der Waals surface area contributed by atoms with Gasteiger partial charge in [-0.25, -0.2) is 19.2 Å². The number of carbonyl (C=O) groups excluding carboxylic acids is 1. The lowest BCUT2D eigenvalue weighted by Gasteiger charge is -2.38. The second-order valence-corrected chi connectivity index (χ2v) is 11.2. The molecule has 4 aromatic rings. The lowest BCUT2D eigenvalue weighted by molar-refractivity contribution is 0.00770. The van der Waals surface area contributed by atoms with E-state index in [1.807, 2.05) is 46.9 Å². The van der Waals surface area contributed by atoms with Crippen molar-refractivity contribution in [3.05, 3.63) is 52.7 Å². The predicted molar refractivity (Wildman–Crippen MR) is 133 cm³/mol. The molecule has 0 spiro atoms. The Hall–Kier alpha value is -3.27. The first kappa shape index (κ1) is 23.5. The third-order valence-corrected chi connectivity index (χ3v) is 7.40. The van der Waals surface area contributed by atoms with Gasteiger partial charge in [0.25, 0.3) is 5.56 Å². The van der Waals surface area contributed by atoms with E-state index < -0.39 is 11.4 Å². The largest absolute Gasteiger partial charge is 0.444 e. The first-order valence-corrected chi connectivity index (χ1v) is 12.5. The highest BCUT2D eigenvalue weighted by Crippen LogP contribution is 2.33. The molecule has 184 valence electrons. The van der Waals surface area contributed by atoms with Crippen molar-refractivity contribution in [3.8, 4) is 10.4 Å². The number of aromatic nitrogens is 4. The molecule has 0 bridgehead atoms. The third-order valence-electron chi connectivity index (χ3n) is 6.24. The Bertz CT molecular complexity index is 1500. The molecule has 1 saturated heterocycles. The van der Waals surface area contributed by atoms with Crippen molar-refractivity contribution in [1.82, 2.24) is 23.8 Å². The second-order valence-electron chi connectivity index (χ2n) is 10.2. The molecular weight excluding hydrogens is 469 g/mol. The smallest absolute Gasteiger partial charge is 0.410 e. The van der Waals surface area contributed by atoms with Gasteiger partial charge in [0, 0.05) is 41.5 Å². The van der Waals surface area contributed by atoms with E-state index in [0.717, 1.165) is 10.6 Å². The van der Waals surface area contributed by atoms with Gasteiger partial charge in [0.15, 0.2) is 11.5 Å². The average Bonchev–Trinajstić information content (AvgIpc) is 3.36. The minimum atomic E-state index is -0.555. The molecule has 10 heteroatoms. The summed E-state index contributed by atoms with van der Waals surface area (Å²) in [6.45, 7) is 9.84. The van der Waals surface area contributed by atoms with Gasteiger partial charge in [0.1, 0.15) is 10.3 Å². The van der Waals surface area contributed by atoms with E-state index in [2.05, 4.69) is 9.97 Å². The Morgan fingerprint density at radius 1 is 1.26 bits per heavy atom. The van der Waals surface area contributed by atoms with Crippen LogP contribution in [0.2, 0.25) is 0 Å². The number of aryl methyl sites for hydroxylation is 1. The van der Waals surface area contributed by atoms with Gasteiger partial charge in [-0.2, -0.15) is 0 Å². The van der Waals surface area contributed by atoms with Gasteiger partial charge in [0.2, 0.25) is 0 Å². The number of amides is 1. The molecule has 5 heterocycles. The van der Waals surface area contributed by atoms with Gasteiger partial charge in [0.05, 0.1) is 17.5 Å². The number of hydrogen-bond acceptors (Lipinski definition) is 6. The van der Waals surface area contributed by atoms with Crippen molar-refractivity contribution < 1.29 is 13.9 Å². The number of fused-ring (bicyclic) bond motifs is 2. The maximum atomic E-state index is 14.6. The number of hydrogen-bond donors (Lipinski definition) is 0. The zero-order chi connectivity index (χ0) is 25.1. The van der Waals surface area contributed by atoms with Crippen LogP contribution >= 0.6 is 11.3 Å². The molecule has 1 aliphatic rings. The number of pyridine rings is 1. The Balaban J connectivity index is 1.42. The van der Waals surface area contributed by atoms with Crippen LogP contribution in [0.5, 0.6) is 0 Å². The van der Waals surface area contributed by atoms with Crippen molar-refractivity contribution in [2.75, 3.05) is 6.54 Å². The number of carbonyl (C=O) groups is 1. The van der Waals surface area contributed by atoms with Gasteiger partial charge >= 0.3 is 6.09 Å². The minimum absolute atomic E-state index is 0.0682. The molecule has 1 fully saturated rings. The number of rotatable bonds is 2. The summed E-state index contributed by atoms with van der Waals surface area (Å²) in [7, 11) is 0. The molecule has 0 radical (unpaired) electrons. The van der Waals surface area contributed by atoms with Gasteiger partial charge in [-0.15, -0.1) is 11.3 Å². The fourth-order valence-corrected chi connectivity index (χ4v) is 5.66. The fourth-order valence-electron chi connectivity index (χ4n) is 4.63. The molecule has 0 aromatic carbocycles. The van der Waals surface area contributed by atoms with Crippen LogP contribution in [0.4, 0.5) is 9.18 Å². The van der Waals surface area contributed by atoms with Crippen LogP contribution in [0.3, 0.4) is 0 Å². The number of piperidine rings is 1. The molecule has 4 aromatic heterocycles. The molecule has 8 nitrogen and oxygen atoms in total. The lowest BCUT2D eigenvalue weighted by atomic mass is 9.98. The van der Waals surface area contributed by atoms with Crippen molar-refractivity contribution in [2.24, 2.45) is 0 Å². The zero-order valence-electron chi connectivity index (χ0n) is 20.4. The molecule has 0 unspecified atom stereocenters. The average molecular weight is 498 g/mol. The predicted octanol–water partition coefficient (Wildman–Crippen LogP) is 5.18. The number of thiophene rings is 1. The van der Waals surface area contributed by atoms with Gasteiger partial charge in [-0.05, 0) is 59.6 Å². The van der Waals surface area contributed by atoms with Crippen LogP contribution in [0.1, 0.15) is 52.3 Å². The highest BCUT2D eigenvalue weighted by Gasteiger charge is 2.33. The molecule has 0 saturated carbocycles. The van der Waals surface area contributed by atoms with Crippen LogP contribution in [0.15, 0.2) is 35.6 Å². The molecule has 0 N–H and O–H groups in total. The van der Waals surface area contributed by atoms with Crippen molar-refractivity contribution in [2.45, 2.75) is 65.1 Å². The number of nitrogens with zero attached hydrogens (tertiary/aromatic N) is 5. The highest BCUT2D eigenvalue weighted by molar-refractivity contribution is 7.22. The van der Waals surface area contributed by atoms with Crippen LogP contribution in [-0.4, -0.2) is 48.1 Å². The molecule has 1 aliphatic heterocycles. The standard InChI is InChI=1S/C25H28FN5O3S/c1-14-11-29-12-16(9-18(26)22(29)28-14)20-10-19-21(35-20)23(32)31(13-27-19)17-6-7-30(15(2)8-17)24(33)34-25(3,4)5/h9-13,15,17H,6-8H2,1-5H3/t15-,17-/m0/s1. The van der Waals surface area contributed by atoms with E-state index >= 15 is 0 Å². The Morgan fingerprint density at radius 3 is 2.74 bits per heavy atom. The van der Waals surface area contributed by atoms with E-state index in [0.29, 0.717) is 35.2 Å². The molecule has 0 aliphatic carbocycles. The highest BCUT2D eigenvalue weighted by atomic mass is 32.1. The lowest BCUT2D eigenvalue weighted by Crippen LogP contribution is -2.48. The maximum Gasteiger partial charge on any atom is 0.410 e. The molecule has 2 atom stereocenters. The zero-order valence-corrected chi connectivity index (χ0v) is 21.2. The normalized spacial score (nSPS) is 19.0. The minimum Gasteiger partial charge on any atom is -0.444 e. The van der Waals surface area contributed by atoms with Crippen LogP contribution in [-0.2, 0) is 4.74 Å². The first-order chi connectivity index (χ1) is 16.5. The summed E-state index contributed by atoms with van der Waals surface area (Å²) in [5.74, 6) is -0.413. The van der Waals surface area contributed by atoms with Gasteiger partial charge in [-0.1, -0.05) is 0 Å². The van der Waals surface area contributed by atoms with Crippen molar-refractivity contribution in [3.63, 3.8) is 0 Å². The summed E-state index contributed by atoms with van der Waals surface area (Å²) in [6, 6.07) is 3.13. The second kappa shape index (κ2) is 8.44. The molecule has 1 amide bonds. The summed E-state index contributed by atoms with van der Waals surface area (Å²) in [4.78, 5) is 37.2. The summed E-state index contributed by atoms with van der Waals surface area (Å²) in [5.41, 5.74) is 1.59. The van der Waals surface area contributed by atoms with Gasteiger partial charge in [-0.3, -0.25) is 9.36 Å². The molecule has 5 rings (SSSR count). The Kier molecular flexibility index (Phi) is 5.66. The third kappa shape index (κ3) is 4.42. The topological polar surface area (TPSA) is 81.7 Å². The maximum absolute atomic E-state index is 14.6. The van der Waals surface area contributed by atoms with E-state index in [1.165, 1.54) is 17.4 Å². The number of halogens is 1. The number of ether oxygens (including phenoxy) is 1. The number of likely N-dealkylation sites (tertiary alicyclic amines) is 1. The Labute approximate surface area is 206 Å². The summed E-state index contributed by atoms with van der Waals surface area (Å²) < 4.78 is 24.0. The monoisotopic (exact) mass is 497 g/mol. The van der Waals surface area contributed by atoms with E-state index in [4.69, 9.17) is 4.74 Å². The summed E-state index contributed by atoms with van der Waals surface area (Å²) >= 11 is 1.31. The first-order valence-electron chi connectivity index (χ1n) is 11.7. The fraction of sp³-hybridized carbons (Fsp3) is 0.440. The van der Waals surface area contributed by atoms with E-state index in [9.17, 15) is 14.0 Å². The van der Waals surface area contributed by atoms with E-state index in [1.54, 1.807) is 26.4 Å².